The molecular weight excluding hydrogens is 346 g/mol. The molecule has 0 unspecified atom stereocenters. The van der Waals surface area contributed by atoms with Gasteiger partial charge in [0.25, 0.3) is 0 Å². The Kier molecular flexibility index (Phi) is 10.9. The zero-order chi connectivity index (χ0) is 15.3. The third-order valence-corrected chi connectivity index (χ3v) is 5.29. The molecule has 0 saturated carbocycles. The van der Waals surface area contributed by atoms with Crippen LogP contribution in [0, 0.1) is 0 Å². The molecule has 21 heavy (non-hydrogen) atoms. The largest absolute Gasteiger partial charge is 0.351 e. The summed E-state index contributed by atoms with van der Waals surface area (Å²) < 4.78 is 1.09. The minimum atomic E-state index is 0.183. The number of hydrogen-bond donors (Lipinski definition) is 1. The van der Waals surface area contributed by atoms with Crippen LogP contribution in [-0.2, 0) is 11.3 Å². The van der Waals surface area contributed by atoms with Gasteiger partial charge in [-0.3, -0.25) is 4.79 Å². The fourth-order valence-corrected chi connectivity index (χ4v) is 3.71. The molecule has 0 spiro atoms. The second-order valence-electron chi connectivity index (χ2n) is 5.59. The average molecular weight is 374 g/mol. The van der Waals surface area contributed by atoms with Crippen LogP contribution in [0.3, 0.4) is 0 Å². The lowest BCUT2D eigenvalue weighted by Crippen LogP contribution is -2.21. The monoisotopic (exact) mass is 373 g/mol. The topological polar surface area (TPSA) is 29.1 Å². The van der Waals surface area contributed by atoms with Gasteiger partial charge in [0.05, 0.1) is 6.54 Å². The van der Waals surface area contributed by atoms with Crippen molar-refractivity contribution in [2.75, 3.05) is 0 Å². The lowest BCUT2D eigenvalue weighted by molar-refractivity contribution is -0.121. The van der Waals surface area contributed by atoms with Crippen molar-refractivity contribution in [1.82, 2.24) is 5.32 Å². The van der Waals surface area contributed by atoms with Gasteiger partial charge in [0, 0.05) is 21.2 Å². The molecule has 0 radical (unpaired) electrons. The standard InChI is InChI=1S/C17H28BrNOS/c1-2-3-4-5-6-7-8-9-10-11-17(20)19-13-16-12-15(18)14-21-16/h12,14H,2-11,13H2,1H3,(H,19,20). The summed E-state index contributed by atoms with van der Waals surface area (Å²) >= 11 is 5.10. The third kappa shape index (κ3) is 10.1. The van der Waals surface area contributed by atoms with Gasteiger partial charge < -0.3 is 5.32 Å². The molecule has 0 aliphatic carbocycles. The molecular formula is C17H28BrNOS. The first-order valence-corrected chi connectivity index (χ1v) is 9.89. The second kappa shape index (κ2) is 12.2. The SMILES string of the molecule is CCCCCCCCCCCC(=O)NCc1cc(Br)cs1. The van der Waals surface area contributed by atoms with Crippen LogP contribution >= 0.6 is 27.3 Å². The summed E-state index contributed by atoms with van der Waals surface area (Å²) in [5.74, 6) is 0.183. The van der Waals surface area contributed by atoms with Gasteiger partial charge in [-0.25, -0.2) is 0 Å². The molecule has 0 aliphatic heterocycles. The maximum absolute atomic E-state index is 11.7. The highest BCUT2D eigenvalue weighted by Gasteiger charge is 2.03. The van der Waals surface area contributed by atoms with Crippen LogP contribution < -0.4 is 5.32 Å². The van der Waals surface area contributed by atoms with Crippen molar-refractivity contribution in [3.8, 4) is 0 Å². The van der Waals surface area contributed by atoms with Crippen molar-refractivity contribution in [2.24, 2.45) is 0 Å². The molecule has 1 heterocycles. The average Bonchev–Trinajstić information content (AvgIpc) is 2.89. The van der Waals surface area contributed by atoms with Gasteiger partial charge in [0.1, 0.15) is 0 Å². The first-order valence-electron chi connectivity index (χ1n) is 8.22. The van der Waals surface area contributed by atoms with E-state index in [4.69, 9.17) is 0 Å². The molecule has 2 nitrogen and oxygen atoms in total. The Morgan fingerprint density at radius 3 is 2.29 bits per heavy atom. The highest BCUT2D eigenvalue weighted by molar-refractivity contribution is 9.10. The Labute approximate surface area is 141 Å². The molecule has 1 amide bonds. The summed E-state index contributed by atoms with van der Waals surface area (Å²) in [6.07, 6.45) is 12.3. The predicted molar refractivity (Wildman–Crippen MR) is 95.7 cm³/mol. The summed E-state index contributed by atoms with van der Waals surface area (Å²) in [5.41, 5.74) is 0. The Hall–Kier alpha value is -0.350. The fourth-order valence-electron chi connectivity index (χ4n) is 2.32. The van der Waals surface area contributed by atoms with Crippen molar-refractivity contribution in [1.29, 1.82) is 0 Å². The first-order chi connectivity index (χ1) is 10.2. The number of halogens is 1. The van der Waals surface area contributed by atoms with Crippen LogP contribution in [0.4, 0.5) is 0 Å². The van der Waals surface area contributed by atoms with Gasteiger partial charge in [0.15, 0.2) is 0 Å². The van der Waals surface area contributed by atoms with Gasteiger partial charge in [-0.2, -0.15) is 0 Å². The van der Waals surface area contributed by atoms with Crippen LogP contribution in [0.5, 0.6) is 0 Å². The minimum Gasteiger partial charge on any atom is -0.351 e. The van der Waals surface area contributed by atoms with Gasteiger partial charge >= 0.3 is 0 Å². The summed E-state index contributed by atoms with van der Waals surface area (Å²) in [6.45, 7) is 2.91. The normalized spacial score (nSPS) is 10.8. The van der Waals surface area contributed by atoms with Gasteiger partial charge in [-0.15, -0.1) is 11.3 Å². The van der Waals surface area contributed by atoms with E-state index in [0.717, 1.165) is 10.9 Å². The molecule has 1 aromatic heterocycles. The minimum absolute atomic E-state index is 0.183. The third-order valence-electron chi connectivity index (χ3n) is 3.59. The number of unbranched alkanes of at least 4 members (excludes halogenated alkanes) is 8. The summed E-state index contributed by atoms with van der Waals surface area (Å²) in [5, 5.41) is 5.03. The fraction of sp³-hybridized carbons (Fsp3) is 0.706. The van der Waals surface area contributed by atoms with Crippen LogP contribution in [0.1, 0.15) is 76.0 Å². The molecule has 1 aromatic rings. The van der Waals surface area contributed by atoms with Crippen LogP contribution in [-0.4, -0.2) is 5.91 Å². The number of carbonyl (C=O) groups is 1. The van der Waals surface area contributed by atoms with E-state index in [1.807, 2.05) is 5.38 Å². The Balaban J connectivity index is 1.89. The van der Waals surface area contributed by atoms with Gasteiger partial charge in [-0.05, 0) is 28.4 Å². The first kappa shape index (κ1) is 18.7. The zero-order valence-corrected chi connectivity index (χ0v) is 15.5. The van der Waals surface area contributed by atoms with E-state index in [2.05, 4.69) is 34.2 Å². The Bertz CT molecular complexity index is 392. The highest BCUT2D eigenvalue weighted by Crippen LogP contribution is 2.19. The number of thiophene rings is 1. The molecule has 1 N–H and O–H groups in total. The molecule has 0 fully saturated rings. The Morgan fingerprint density at radius 2 is 1.71 bits per heavy atom. The molecule has 0 atom stereocenters. The van der Waals surface area contributed by atoms with E-state index < -0.39 is 0 Å². The van der Waals surface area contributed by atoms with Crippen LogP contribution in [0.15, 0.2) is 15.9 Å². The molecule has 0 bridgehead atoms. The zero-order valence-electron chi connectivity index (χ0n) is 13.1. The van der Waals surface area contributed by atoms with Crippen molar-refractivity contribution in [3.05, 3.63) is 20.8 Å². The molecule has 0 saturated heterocycles. The van der Waals surface area contributed by atoms with Crippen molar-refractivity contribution < 1.29 is 4.79 Å². The smallest absolute Gasteiger partial charge is 0.220 e. The number of carbonyl (C=O) groups excluding carboxylic acids is 1. The highest BCUT2D eigenvalue weighted by atomic mass is 79.9. The van der Waals surface area contributed by atoms with E-state index >= 15 is 0 Å². The van der Waals surface area contributed by atoms with Gasteiger partial charge in [-0.1, -0.05) is 58.3 Å². The molecule has 0 aromatic carbocycles. The summed E-state index contributed by atoms with van der Waals surface area (Å²) in [7, 11) is 0. The van der Waals surface area contributed by atoms with Crippen molar-refractivity contribution in [2.45, 2.75) is 77.7 Å². The van der Waals surface area contributed by atoms with E-state index in [1.165, 1.54) is 56.2 Å². The van der Waals surface area contributed by atoms with E-state index in [-0.39, 0.29) is 5.91 Å². The molecule has 1 rings (SSSR count). The lowest BCUT2D eigenvalue weighted by atomic mass is 10.1. The quantitative estimate of drug-likeness (QED) is 0.444. The summed E-state index contributed by atoms with van der Waals surface area (Å²) in [6, 6.07) is 2.06. The number of nitrogens with one attached hydrogen (secondary N) is 1. The lowest BCUT2D eigenvalue weighted by Gasteiger charge is -2.04. The predicted octanol–water partition coefficient (Wildman–Crippen LogP) is 6.05. The summed E-state index contributed by atoms with van der Waals surface area (Å²) in [4.78, 5) is 12.9. The second-order valence-corrected chi connectivity index (χ2v) is 7.50. The molecule has 120 valence electrons. The number of hydrogen-bond acceptors (Lipinski definition) is 2. The van der Waals surface area contributed by atoms with E-state index in [9.17, 15) is 4.79 Å². The van der Waals surface area contributed by atoms with Crippen LogP contribution in [0.2, 0.25) is 0 Å². The number of rotatable bonds is 12. The van der Waals surface area contributed by atoms with E-state index in [0.29, 0.717) is 13.0 Å². The number of amides is 1. The van der Waals surface area contributed by atoms with Gasteiger partial charge in [0.2, 0.25) is 5.91 Å². The van der Waals surface area contributed by atoms with Crippen molar-refractivity contribution in [3.63, 3.8) is 0 Å². The maximum Gasteiger partial charge on any atom is 0.220 e. The Morgan fingerprint density at radius 1 is 1.10 bits per heavy atom. The maximum atomic E-state index is 11.7. The molecule has 0 aliphatic rings. The van der Waals surface area contributed by atoms with E-state index in [1.54, 1.807) is 11.3 Å². The van der Waals surface area contributed by atoms with Crippen LogP contribution in [0.25, 0.3) is 0 Å². The molecule has 4 heteroatoms. The van der Waals surface area contributed by atoms with Crippen molar-refractivity contribution >= 4 is 33.2 Å².